The van der Waals surface area contributed by atoms with Crippen molar-refractivity contribution < 1.29 is 36.9 Å². The molecule has 10 heteroatoms. The van der Waals surface area contributed by atoms with Gasteiger partial charge in [0.25, 0.3) is 0 Å². The maximum Gasteiger partial charge on any atom is 0.331 e. The highest BCUT2D eigenvalue weighted by atomic mass is 32.2. The average molecular weight is 516 g/mol. The number of nitrogens with one attached hydrogen (secondary N) is 1. The van der Waals surface area contributed by atoms with Crippen LogP contribution in [0, 0.1) is 5.92 Å². The van der Waals surface area contributed by atoms with E-state index < -0.39 is 22.1 Å². The number of ether oxygens (including phenoxy) is 5. The first-order chi connectivity index (χ1) is 16.7. The number of rotatable bonds is 18. The molecule has 1 aromatic carbocycles. The van der Waals surface area contributed by atoms with Crippen molar-refractivity contribution in [1.29, 1.82) is 0 Å². The molecule has 0 aliphatic carbocycles. The molecule has 0 aliphatic heterocycles. The van der Waals surface area contributed by atoms with Crippen LogP contribution in [-0.2, 0) is 24.3 Å². The van der Waals surface area contributed by atoms with Gasteiger partial charge < -0.3 is 23.7 Å². The quantitative estimate of drug-likeness (QED) is 0.232. The molecule has 35 heavy (non-hydrogen) atoms. The zero-order chi connectivity index (χ0) is 26.3. The number of esters is 1. The summed E-state index contributed by atoms with van der Waals surface area (Å²) in [5.74, 6) is 1.08. The predicted octanol–water partition coefficient (Wildman–Crippen LogP) is 3.81. The van der Waals surface area contributed by atoms with Gasteiger partial charge in [0, 0.05) is 19.2 Å². The van der Waals surface area contributed by atoms with Crippen LogP contribution in [0.25, 0.3) is 6.08 Å². The average Bonchev–Trinajstić information content (AvgIpc) is 2.86. The smallest absolute Gasteiger partial charge is 0.331 e. The summed E-state index contributed by atoms with van der Waals surface area (Å²) in [6.45, 7) is 6.37. The molecule has 200 valence electrons. The van der Waals surface area contributed by atoms with Crippen LogP contribution in [-0.4, -0.2) is 67.3 Å². The molecular formula is C25H41NO8S. The van der Waals surface area contributed by atoms with E-state index in [0.29, 0.717) is 35.3 Å². The minimum atomic E-state index is -3.44. The fourth-order valence-electron chi connectivity index (χ4n) is 3.29. The number of hydrogen-bond donors (Lipinski definition) is 1. The molecule has 0 fully saturated rings. The minimum absolute atomic E-state index is 0.0638. The molecule has 1 N–H and O–H groups in total. The van der Waals surface area contributed by atoms with Crippen molar-refractivity contribution in [2.45, 2.75) is 52.6 Å². The highest BCUT2D eigenvalue weighted by Gasteiger charge is 2.18. The second kappa shape index (κ2) is 16.4. The summed E-state index contributed by atoms with van der Waals surface area (Å²) in [6.07, 6.45) is 6.35. The van der Waals surface area contributed by atoms with Gasteiger partial charge in [-0.25, -0.2) is 17.9 Å². The Morgan fingerprint density at radius 1 is 1.03 bits per heavy atom. The SMILES string of the molecule is CCCCC(CC)COCC(CNS(=O)(=O)CC)OC(=O)C=Cc1cc(OC)c(OC)c(OC)c1. The second-order valence-corrected chi connectivity index (χ2v) is 10.2. The minimum Gasteiger partial charge on any atom is -0.493 e. The molecule has 9 nitrogen and oxygen atoms in total. The lowest BCUT2D eigenvalue weighted by atomic mass is 10.0. The molecule has 0 aliphatic rings. The van der Waals surface area contributed by atoms with Gasteiger partial charge in [0.15, 0.2) is 11.5 Å². The summed E-state index contributed by atoms with van der Waals surface area (Å²) in [6, 6.07) is 3.39. The monoisotopic (exact) mass is 515 g/mol. The second-order valence-electron chi connectivity index (χ2n) is 8.06. The first-order valence-electron chi connectivity index (χ1n) is 12.0. The van der Waals surface area contributed by atoms with Crippen molar-refractivity contribution in [2.24, 2.45) is 5.92 Å². The van der Waals surface area contributed by atoms with Crippen LogP contribution >= 0.6 is 0 Å². The summed E-state index contributed by atoms with van der Waals surface area (Å²) in [7, 11) is 1.08. The molecule has 0 heterocycles. The van der Waals surface area contributed by atoms with E-state index in [4.69, 9.17) is 23.7 Å². The van der Waals surface area contributed by atoms with Gasteiger partial charge in [0.1, 0.15) is 6.10 Å². The van der Waals surface area contributed by atoms with Crippen LogP contribution < -0.4 is 18.9 Å². The van der Waals surface area contributed by atoms with Gasteiger partial charge in [-0.2, -0.15) is 0 Å². The van der Waals surface area contributed by atoms with Crippen LogP contribution in [0.3, 0.4) is 0 Å². The standard InChI is InChI=1S/C25H41NO8S/c1-7-10-11-19(8-2)17-33-18-21(16-26-35(28,29)9-3)34-24(27)13-12-20-14-22(30-4)25(32-6)23(15-20)31-5/h12-15,19,21,26H,7-11,16-18H2,1-6H3. The van der Waals surface area contributed by atoms with E-state index in [1.54, 1.807) is 25.1 Å². The number of sulfonamides is 1. The first kappa shape index (κ1) is 30.7. The van der Waals surface area contributed by atoms with Crippen molar-refractivity contribution in [3.8, 4) is 17.2 Å². The van der Waals surface area contributed by atoms with Gasteiger partial charge in [0.05, 0.1) is 33.7 Å². The van der Waals surface area contributed by atoms with Crippen LogP contribution in [0.5, 0.6) is 17.2 Å². The molecule has 0 spiro atoms. The Morgan fingerprint density at radius 3 is 2.20 bits per heavy atom. The van der Waals surface area contributed by atoms with Crippen LogP contribution in [0.15, 0.2) is 18.2 Å². The van der Waals surface area contributed by atoms with E-state index in [0.717, 1.165) is 25.7 Å². The van der Waals surface area contributed by atoms with Gasteiger partial charge in [-0.15, -0.1) is 0 Å². The number of hydrogen-bond acceptors (Lipinski definition) is 8. The lowest BCUT2D eigenvalue weighted by Crippen LogP contribution is -2.38. The molecule has 1 rings (SSSR count). The number of carbonyl (C=O) groups is 1. The van der Waals surface area contributed by atoms with E-state index >= 15 is 0 Å². The maximum atomic E-state index is 12.5. The maximum absolute atomic E-state index is 12.5. The normalized spacial score (nSPS) is 13.4. The van der Waals surface area contributed by atoms with Crippen molar-refractivity contribution in [3.63, 3.8) is 0 Å². The van der Waals surface area contributed by atoms with Gasteiger partial charge in [0.2, 0.25) is 15.8 Å². The topological polar surface area (TPSA) is 109 Å². The zero-order valence-corrected chi connectivity index (χ0v) is 22.6. The number of methoxy groups -OCH3 is 3. The Kier molecular flexibility index (Phi) is 14.4. The summed E-state index contributed by atoms with van der Waals surface area (Å²) in [5.41, 5.74) is 0.637. The summed E-state index contributed by atoms with van der Waals surface area (Å²) in [5, 5.41) is 0. The van der Waals surface area contributed by atoms with E-state index in [-0.39, 0.29) is 18.9 Å². The molecule has 0 saturated carbocycles. The van der Waals surface area contributed by atoms with Crippen molar-refractivity contribution in [1.82, 2.24) is 4.72 Å². The summed E-state index contributed by atoms with van der Waals surface area (Å²) in [4.78, 5) is 12.5. The van der Waals surface area contributed by atoms with Crippen LogP contribution in [0.2, 0.25) is 0 Å². The highest BCUT2D eigenvalue weighted by Crippen LogP contribution is 2.38. The number of benzene rings is 1. The lowest BCUT2D eigenvalue weighted by Gasteiger charge is -2.20. The largest absolute Gasteiger partial charge is 0.493 e. The fraction of sp³-hybridized carbons (Fsp3) is 0.640. The van der Waals surface area contributed by atoms with Crippen molar-refractivity contribution in [3.05, 3.63) is 23.8 Å². The van der Waals surface area contributed by atoms with Gasteiger partial charge in [-0.1, -0.05) is 33.1 Å². The Bertz CT molecular complexity index is 876. The van der Waals surface area contributed by atoms with Crippen molar-refractivity contribution >= 4 is 22.1 Å². The Hall–Kier alpha value is -2.30. The number of carbonyl (C=O) groups excluding carboxylic acids is 1. The molecule has 0 aromatic heterocycles. The zero-order valence-electron chi connectivity index (χ0n) is 21.8. The molecule has 0 radical (unpaired) electrons. The molecule has 2 unspecified atom stereocenters. The third-order valence-corrected chi connectivity index (χ3v) is 6.86. The fourth-order valence-corrected chi connectivity index (χ4v) is 3.93. The van der Waals surface area contributed by atoms with E-state index in [1.165, 1.54) is 27.4 Å². The predicted molar refractivity (Wildman–Crippen MR) is 137 cm³/mol. The highest BCUT2D eigenvalue weighted by molar-refractivity contribution is 7.89. The van der Waals surface area contributed by atoms with Crippen LogP contribution in [0.1, 0.15) is 52.0 Å². The number of unbranched alkanes of at least 4 members (excludes halogenated alkanes) is 1. The molecule has 0 amide bonds. The summed E-state index contributed by atoms with van der Waals surface area (Å²) < 4.78 is 53.5. The van der Waals surface area contributed by atoms with E-state index in [2.05, 4.69) is 18.6 Å². The summed E-state index contributed by atoms with van der Waals surface area (Å²) >= 11 is 0. The molecular weight excluding hydrogens is 474 g/mol. The third-order valence-electron chi connectivity index (χ3n) is 5.49. The van der Waals surface area contributed by atoms with Gasteiger partial charge in [-0.05, 0) is 43.0 Å². The Balaban J connectivity index is 2.87. The third kappa shape index (κ3) is 11.3. The molecule has 2 atom stereocenters. The van der Waals surface area contributed by atoms with Crippen LogP contribution in [0.4, 0.5) is 0 Å². The van der Waals surface area contributed by atoms with Crippen molar-refractivity contribution in [2.75, 3.05) is 46.8 Å². The Labute approximate surface area is 210 Å². The van der Waals surface area contributed by atoms with E-state index in [9.17, 15) is 13.2 Å². The molecule has 0 bridgehead atoms. The Morgan fingerprint density at radius 2 is 1.69 bits per heavy atom. The van der Waals surface area contributed by atoms with Gasteiger partial charge in [-0.3, -0.25) is 0 Å². The first-order valence-corrected chi connectivity index (χ1v) is 13.6. The van der Waals surface area contributed by atoms with E-state index in [1.807, 2.05) is 0 Å². The molecule has 0 saturated heterocycles. The molecule has 1 aromatic rings. The lowest BCUT2D eigenvalue weighted by molar-refractivity contribution is -0.145. The van der Waals surface area contributed by atoms with Gasteiger partial charge >= 0.3 is 5.97 Å².